The number of carbonyl (C=O) groups excluding carboxylic acids is 3. The zero-order chi connectivity index (χ0) is 54.3. The van der Waals surface area contributed by atoms with Crippen LogP contribution in [0.3, 0.4) is 0 Å². The number of rotatable bonds is 59. The lowest BCUT2D eigenvalue weighted by Crippen LogP contribution is -2.30. The van der Waals surface area contributed by atoms with E-state index in [-0.39, 0.29) is 31.1 Å². The van der Waals surface area contributed by atoms with Crippen LogP contribution in [0.25, 0.3) is 0 Å². The van der Waals surface area contributed by atoms with Crippen molar-refractivity contribution in [3.8, 4) is 0 Å². The van der Waals surface area contributed by atoms with Gasteiger partial charge < -0.3 is 14.2 Å². The molecule has 0 fully saturated rings. The maximum atomic E-state index is 12.9. The third kappa shape index (κ3) is 61.6. The summed E-state index contributed by atoms with van der Waals surface area (Å²) in [7, 11) is 0. The van der Waals surface area contributed by atoms with E-state index in [2.05, 4.69) is 93.7 Å². The first-order valence-corrected chi connectivity index (χ1v) is 32.4. The molecule has 0 bridgehead atoms. The van der Waals surface area contributed by atoms with Crippen LogP contribution in [0.5, 0.6) is 0 Å². The largest absolute Gasteiger partial charge is 0.462 e. The lowest BCUT2D eigenvalue weighted by atomic mass is 10.0. The second-order valence-electron chi connectivity index (χ2n) is 21.6. The molecule has 6 heteroatoms. The Morgan fingerprint density at radius 2 is 0.520 bits per heavy atom. The number of ether oxygens (including phenoxy) is 3. The molecule has 0 aliphatic heterocycles. The summed E-state index contributed by atoms with van der Waals surface area (Å²) in [6.45, 7) is 6.54. The molecule has 0 amide bonds. The van der Waals surface area contributed by atoms with E-state index in [1.807, 2.05) is 0 Å². The van der Waals surface area contributed by atoms with Crippen molar-refractivity contribution in [3.63, 3.8) is 0 Å². The lowest BCUT2D eigenvalue weighted by molar-refractivity contribution is -0.167. The van der Waals surface area contributed by atoms with E-state index in [4.69, 9.17) is 14.2 Å². The van der Waals surface area contributed by atoms with Crippen molar-refractivity contribution in [2.24, 2.45) is 0 Å². The number of allylic oxidation sites excluding steroid dienone is 12. The van der Waals surface area contributed by atoms with Crippen molar-refractivity contribution < 1.29 is 28.6 Å². The summed E-state index contributed by atoms with van der Waals surface area (Å²) >= 11 is 0. The van der Waals surface area contributed by atoms with Gasteiger partial charge in [0.15, 0.2) is 6.10 Å². The van der Waals surface area contributed by atoms with Crippen LogP contribution in [0.2, 0.25) is 0 Å². The van der Waals surface area contributed by atoms with Gasteiger partial charge in [-0.25, -0.2) is 0 Å². The van der Waals surface area contributed by atoms with Crippen molar-refractivity contribution in [1.82, 2.24) is 0 Å². The van der Waals surface area contributed by atoms with Gasteiger partial charge in [0.05, 0.1) is 0 Å². The molecule has 0 saturated carbocycles. The summed E-state index contributed by atoms with van der Waals surface area (Å²) < 4.78 is 16.9. The molecular weight excluding hydrogens is 925 g/mol. The van der Waals surface area contributed by atoms with Gasteiger partial charge in [0.2, 0.25) is 0 Å². The second kappa shape index (κ2) is 63.4. The standard InChI is InChI=1S/C69H122O6/c1-4-7-10-13-16-19-22-25-27-29-30-31-32-33-34-35-36-37-38-40-41-44-47-50-53-56-59-62-68(71)74-65-66(64-73-67(70)61-58-55-52-49-46-43-24-21-18-15-12-9-6-3)75-69(72)63-60-57-54-51-48-45-42-39-28-26-23-20-17-14-11-8-5-2/h7,10,16-17,19-20,25-28,30-31,66H,4-6,8-9,11-15,18,21-24,29,32-65H2,1-3H3/b10-7-,19-16-,20-17-,27-25-,28-26-,31-30-. The van der Waals surface area contributed by atoms with E-state index < -0.39 is 6.10 Å². The van der Waals surface area contributed by atoms with Crippen LogP contribution in [-0.4, -0.2) is 37.2 Å². The quantitative estimate of drug-likeness (QED) is 0.0261. The summed E-state index contributed by atoms with van der Waals surface area (Å²) in [5.41, 5.74) is 0. The Balaban J connectivity index is 4.25. The van der Waals surface area contributed by atoms with E-state index >= 15 is 0 Å². The molecule has 1 unspecified atom stereocenters. The Morgan fingerprint density at radius 3 is 0.840 bits per heavy atom. The Hall–Kier alpha value is -3.15. The molecular formula is C69H122O6. The van der Waals surface area contributed by atoms with Crippen molar-refractivity contribution in [2.45, 2.75) is 335 Å². The maximum absolute atomic E-state index is 12.9. The summed E-state index contributed by atoms with van der Waals surface area (Å²) in [5, 5.41) is 0. The average molecular weight is 1050 g/mol. The SMILES string of the molecule is CC/C=C\C/C=C\C/C=C\C/C=C\CCCCCCCCCCCCCCCCC(=O)OCC(COC(=O)CCCCCCCCCCCCCCC)OC(=O)CCCCCCCCC/C=C\C/C=C\CCCCC. The summed E-state index contributed by atoms with van der Waals surface area (Å²) in [5.74, 6) is -0.866. The minimum Gasteiger partial charge on any atom is -0.462 e. The van der Waals surface area contributed by atoms with Crippen LogP contribution in [0.15, 0.2) is 72.9 Å². The Morgan fingerprint density at radius 1 is 0.280 bits per heavy atom. The smallest absolute Gasteiger partial charge is 0.306 e. The molecule has 75 heavy (non-hydrogen) atoms. The van der Waals surface area contributed by atoms with Gasteiger partial charge in [0, 0.05) is 19.3 Å². The van der Waals surface area contributed by atoms with E-state index in [1.165, 1.54) is 193 Å². The van der Waals surface area contributed by atoms with E-state index in [0.717, 1.165) is 96.3 Å². The molecule has 0 aromatic carbocycles. The molecule has 0 heterocycles. The highest BCUT2D eigenvalue weighted by molar-refractivity contribution is 5.71. The van der Waals surface area contributed by atoms with Crippen molar-refractivity contribution >= 4 is 17.9 Å². The van der Waals surface area contributed by atoms with Crippen LogP contribution in [0.1, 0.15) is 329 Å². The molecule has 0 N–H and O–H groups in total. The van der Waals surface area contributed by atoms with Gasteiger partial charge in [-0.2, -0.15) is 0 Å². The number of esters is 3. The molecule has 0 aromatic heterocycles. The number of hydrogen-bond donors (Lipinski definition) is 0. The van der Waals surface area contributed by atoms with Crippen molar-refractivity contribution in [3.05, 3.63) is 72.9 Å². The van der Waals surface area contributed by atoms with Gasteiger partial charge in [-0.1, -0.05) is 293 Å². The molecule has 0 saturated heterocycles. The Kier molecular flexibility index (Phi) is 60.7. The molecule has 0 aromatic rings. The van der Waals surface area contributed by atoms with Crippen molar-refractivity contribution in [2.75, 3.05) is 13.2 Å². The highest BCUT2D eigenvalue weighted by atomic mass is 16.6. The molecule has 0 rings (SSSR count). The topological polar surface area (TPSA) is 78.9 Å². The normalized spacial score (nSPS) is 12.5. The highest BCUT2D eigenvalue weighted by Gasteiger charge is 2.19. The minimum absolute atomic E-state index is 0.0744. The molecule has 0 aliphatic carbocycles. The first-order chi connectivity index (χ1) is 37.0. The number of unbranched alkanes of at least 4 members (excludes halogenated alkanes) is 36. The first kappa shape index (κ1) is 71.8. The summed E-state index contributed by atoms with van der Waals surface area (Å²) in [6, 6.07) is 0. The fourth-order valence-electron chi connectivity index (χ4n) is 9.35. The molecule has 0 radical (unpaired) electrons. The zero-order valence-electron chi connectivity index (χ0n) is 49.8. The van der Waals surface area contributed by atoms with E-state index in [9.17, 15) is 14.4 Å². The predicted octanol–water partition coefficient (Wildman–Crippen LogP) is 22.1. The van der Waals surface area contributed by atoms with E-state index in [1.54, 1.807) is 0 Å². The molecule has 0 spiro atoms. The number of hydrogen-bond acceptors (Lipinski definition) is 6. The average Bonchev–Trinajstić information content (AvgIpc) is 3.41. The van der Waals surface area contributed by atoms with Crippen LogP contribution < -0.4 is 0 Å². The first-order valence-electron chi connectivity index (χ1n) is 32.4. The second-order valence-corrected chi connectivity index (χ2v) is 21.6. The molecule has 434 valence electrons. The van der Waals surface area contributed by atoms with Crippen LogP contribution in [0, 0.1) is 0 Å². The van der Waals surface area contributed by atoms with Crippen LogP contribution in [-0.2, 0) is 28.6 Å². The fourth-order valence-corrected chi connectivity index (χ4v) is 9.35. The maximum Gasteiger partial charge on any atom is 0.306 e. The fraction of sp³-hybridized carbons (Fsp3) is 0.783. The zero-order valence-corrected chi connectivity index (χ0v) is 49.8. The molecule has 6 nitrogen and oxygen atoms in total. The highest BCUT2D eigenvalue weighted by Crippen LogP contribution is 2.17. The summed E-state index contributed by atoms with van der Waals surface area (Å²) in [4.78, 5) is 38.3. The molecule has 1 atom stereocenters. The van der Waals surface area contributed by atoms with Gasteiger partial charge in [-0.05, 0) is 89.9 Å². The van der Waals surface area contributed by atoms with Crippen LogP contribution in [0.4, 0.5) is 0 Å². The van der Waals surface area contributed by atoms with E-state index in [0.29, 0.717) is 19.3 Å². The third-order valence-electron chi connectivity index (χ3n) is 14.2. The third-order valence-corrected chi connectivity index (χ3v) is 14.2. The minimum atomic E-state index is -0.778. The van der Waals surface area contributed by atoms with Crippen molar-refractivity contribution in [1.29, 1.82) is 0 Å². The van der Waals surface area contributed by atoms with Gasteiger partial charge in [0.25, 0.3) is 0 Å². The van der Waals surface area contributed by atoms with Gasteiger partial charge in [-0.15, -0.1) is 0 Å². The molecule has 0 aliphatic rings. The van der Waals surface area contributed by atoms with Gasteiger partial charge in [-0.3, -0.25) is 14.4 Å². The predicted molar refractivity (Wildman–Crippen MR) is 325 cm³/mol. The van der Waals surface area contributed by atoms with Gasteiger partial charge in [0.1, 0.15) is 13.2 Å². The lowest BCUT2D eigenvalue weighted by Gasteiger charge is -2.18. The summed E-state index contributed by atoms with van der Waals surface area (Å²) in [6.07, 6.45) is 81.9. The van der Waals surface area contributed by atoms with Crippen LogP contribution >= 0.6 is 0 Å². The number of carbonyl (C=O) groups is 3. The Bertz CT molecular complexity index is 1390. The van der Waals surface area contributed by atoms with Gasteiger partial charge >= 0.3 is 17.9 Å². The Labute approximate surface area is 465 Å². The monoisotopic (exact) mass is 1050 g/mol.